The SMILES string of the molecule is CCSCCCN1CC[C@@H](CC[C@H](F)c2ccnc3ccc(OC)cc23)[C@@H](C(=O)O)C1. The molecule has 2 heterocycles. The first-order valence-corrected chi connectivity index (χ1v) is 12.3. The molecule has 1 saturated heterocycles. The number of hydrogen-bond acceptors (Lipinski definition) is 5. The number of rotatable bonds is 11. The number of thioether (sulfide) groups is 1. The zero-order valence-electron chi connectivity index (χ0n) is 18.4. The number of piperidine rings is 1. The van der Waals surface area contributed by atoms with E-state index in [1.807, 2.05) is 30.0 Å². The molecule has 0 spiro atoms. The lowest BCUT2D eigenvalue weighted by atomic mass is 9.81. The van der Waals surface area contributed by atoms with Gasteiger partial charge in [0.25, 0.3) is 0 Å². The molecule has 2 aromatic rings. The van der Waals surface area contributed by atoms with Crippen molar-refractivity contribution in [2.24, 2.45) is 11.8 Å². The average Bonchev–Trinajstić information content (AvgIpc) is 2.79. The van der Waals surface area contributed by atoms with Gasteiger partial charge >= 0.3 is 5.97 Å². The molecule has 170 valence electrons. The molecule has 1 fully saturated rings. The molecule has 1 aliphatic rings. The minimum Gasteiger partial charge on any atom is -0.497 e. The van der Waals surface area contributed by atoms with Crippen LogP contribution in [0.4, 0.5) is 4.39 Å². The van der Waals surface area contributed by atoms with Crippen molar-refractivity contribution in [3.05, 3.63) is 36.0 Å². The van der Waals surface area contributed by atoms with Crippen LogP contribution in [0.3, 0.4) is 0 Å². The van der Waals surface area contributed by atoms with E-state index in [2.05, 4.69) is 16.8 Å². The van der Waals surface area contributed by atoms with Crippen LogP contribution in [0.15, 0.2) is 30.5 Å². The Morgan fingerprint density at radius 3 is 3.00 bits per heavy atom. The maximum Gasteiger partial charge on any atom is 0.308 e. The molecule has 0 aliphatic carbocycles. The third-order valence-corrected chi connectivity index (χ3v) is 7.22. The van der Waals surface area contributed by atoms with Gasteiger partial charge in [-0.1, -0.05) is 6.92 Å². The number of methoxy groups -OCH3 is 1. The monoisotopic (exact) mass is 448 g/mol. The zero-order valence-corrected chi connectivity index (χ0v) is 19.2. The van der Waals surface area contributed by atoms with Gasteiger partial charge in [-0.15, -0.1) is 0 Å². The molecule has 7 heteroatoms. The van der Waals surface area contributed by atoms with Gasteiger partial charge in [0.15, 0.2) is 0 Å². The highest BCUT2D eigenvalue weighted by Gasteiger charge is 2.34. The second kappa shape index (κ2) is 11.7. The Morgan fingerprint density at radius 2 is 2.26 bits per heavy atom. The van der Waals surface area contributed by atoms with Gasteiger partial charge in [-0.05, 0) is 86.0 Å². The lowest BCUT2D eigenvalue weighted by Crippen LogP contribution is -2.44. The summed E-state index contributed by atoms with van der Waals surface area (Å²) in [6.07, 6.45) is 3.27. The standard InChI is InChI=1S/C24H33FN2O3S/c1-3-31-14-4-12-27-13-10-17(21(16-27)24(28)29)5-7-22(25)19-9-11-26-23-8-6-18(30-2)15-20(19)23/h6,8-9,11,15,17,21-22H,3-5,7,10,12-14,16H2,1-2H3,(H,28,29)/t17-,21+,22+/m1/s1. The molecule has 3 atom stereocenters. The number of alkyl halides is 1. The predicted octanol–water partition coefficient (Wildman–Crippen LogP) is 5.20. The third-order valence-electron chi connectivity index (χ3n) is 6.24. The summed E-state index contributed by atoms with van der Waals surface area (Å²) < 4.78 is 20.6. The van der Waals surface area contributed by atoms with Crippen LogP contribution in [0, 0.1) is 11.8 Å². The van der Waals surface area contributed by atoms with E-state index in [9.17, 15) is 9.90 Å². The number of ether oxygens (including phenoxy) is 1. The molecule has 0 saturated carbocycles. The lowest BCUT2D eigenvalue weighted by Gasteiger charge is -2.36. The van der Waals surface area contributed by atoms with Crippen LogP contribution in [-0.4, -0.2) is 59.2 Å². The molecule has 1 aromatic heterocycles. The highest BCUT2D eigenvalue weighted by Crippen LogP contribution is 2.35. The normalized spacial score (nSPS) is 20.6. The number of aliphatic carboxylic acids is 1. The Kier molecular flexibility index (Phi) is 8.96. The van der Waals surface area contributed by atoms with Crippen molar-refractivity contribution >= 4 is 28.6 Å². The number of fused-ring (bicyclic) bond motifs is 1. The minimum absolute atomic E-state index is 0.0136. The van der Waals surface area contributed by atoms with Crippen molar-refractivity contribution in [3.63, 3.8) is 0 Å². The summed E-state index contributed by atoms with van der Waals surface area (Å²) in [6.45, 7) is 4.57. The summed E-state index contributed by atoms with van der Waals surface area (Å²) in [5, 5.41) is 10.5. The molecular formula is C24H33FN2O3S. The largest absolute Gasteiger partial charge is 0.497 e. The molecule has 0 unspecified atom stereocenters. The summed E-state index contributed by atoms with van der Waals surface area (Å²) >= 11 is 1.92. The van der Waals surface area contributed by atoms with Crippen molar-refractivity contribution in [2.75, 3.05) is 38.2 Å². The van der Waals surface area contributed by atoms with Gasteiger partial charge in [-0.2, -0.15) is 11.8 Å². The maximum absolute atomic E-state index is 15.3. The quantitative estimate of drug-likeness (QED) is 0.477. The number of pyridine rings is 1. The van der Waals surface area contributed by atoms with Crippen molar-refractivity contribution in [2.45, 2.75) is 38.8 Å². The van der Waals surface area contributed by atoms with Crippen LogP contribution in [0.25, 0.3) is 10.9 Å². The first-order chi connectivity index (χ1) is 15.0. The molecule has 1 aliphatic heterocycles. The summed E-state index contributed by atoms with van der Waals surface area (Å²) in [5.41, 5.74) is 1.33. The smallest absolute Gasteiger partial charge is 0.308 e. The summed E-state index contributed by atoms with van der Waals surface area (Å²) in [6, 6.07) is 7.19. The van der Waals surface area contributed by atoms with Crippen LogP contribution in [-0.2, 0) is 4.79 Å². The Balaban J connectivity index is 1.61. The molecular weight excluding hydrogens is 415 g/mol. The van der Waals surface area contributed by atoms with Gasteiger partial charge in [0, 0.05) is 18.1 Å². The predicted molar refractivity (Wildman–Crippen MR) is 125 cm³/mol. The Bertz CT molecular complexity index is 866. The molecule has 0 radical (unpaired) electrons. The highest BCUT2D eigenvalue weighted by molar-refractivity contribution is 7.99. The first-order valence-electron chi connectivity index (χ1n) is 11.1. The van der Waals surface area contributed by atoms with Crippen LogP contribution in [0.5, 0.6) is 5.75 Å². The molecule has 0 amide bonds. The first kappa shape index (κ1) is 23.8. The fourth-order valence-electron chi connectivity index (χ4n) is 4.49. The van der Waals surface area contributed by atoms with Crippen LogP contribution >= 0.6 is 11.8 Å². The van der Waals surface area contributed by atoms with Crippen LogP contribution in [0.2, 0.25) is 0 Å². The van der Waals surface area contributed by atoms with Crippen molar-refractivity contribution in [1.29, 1.82) is 0 Å². The molecule has 1 aromatic carbocycles. The summed E-state index contributed by atoms with van der Waals surface area (Å²) in [4.78, 5) is 18.5. The average molecular weight is 449 g/mol. The van der Waals surface area contributed by atoms with E-state index >= 15 is 4.39 Å². The van der Waals surface area contributed by atoms with Gasteiger partial charge in [0.1, 0.15) is 11.9 Å². The minimum atomic E-state index is -1.16. The zero-order chi connectivity index (χ0) is 22.2. The van der Waals surface area contributed by atoms with Gasteiger partial charge in [-0.25, -0.2) is 4.39 Å². The van der Waals surface area contributed by atoms with Crippen molar-refractivity contribution in [3.8, 4) is 5.75 Å². The topological polar surface area (TPSA) is 62.7 Å². The molecule has 5 nitrogen and oxygen atoms in total. The lowest BCUT2D eigenvalue weighted by molar-refractivity contribution is -0.146. The number of likely N-dealkylation sites (tertiary alicyclic amines) is 1. The fraction of sp³-hybridized carbons (Fsp3) is 0.583. The van der Waals surface area contributed by atoms with E-state index < -0.39 is 18.1 Å². The van der Waals surface area contributed by atoms with E-state index in [4.69, 9.17) is 4.74 Å². The summed E-state index contributed by atoms with van der Waals surface area (Å²) in [5.74, 6) is 1.73. The van der Waals surface area contributed by atoms with Gasteiger partial charge in [0.05, 0.1) is 18.5 Å². The third kappa shape index (κ3) is 6.32. The number of aromatic nitrogens is 1. The Labute approximate surface area is 188 Å². The van der Waals surface area contributed by atoms with Crippen LogP contribution < -0.4 is 4.74 Å². The van der Waals surface area contributed by atoms with E-state index in [1.54, 1.807) is 19.4 Å². The molecule has 31 heavy (non-hydrogen) atoms. The van der Waals surface area contributed by atoms with E-state index in [-0.39, 0.29) is 5.92 Å². The number of halogens is 1. The number of carbonyl (C=O) groups is 1. The van der Waals surface area contributed by atoms with E-state index in [1.165, 1.54) is 0 Å². The molecule has 3 rings (SSSR count). The van der Waals surface area contributed by atoms with Crippen molar-refractivity contribution in [1.82, 2.24) is 9.88 Å². The van der Waals surface area contributed by atoms with Gasteiger partial charge in [0.2, 0.25) is 0 Å². The Hall–Kier alpha value is -1.86. The number of carboxylic acid groups (broad SMARTS) is 1. The number of hydrogen-bond donors (Lipinski definition) is 1. The van der Waals surface area contributed by atoms with Gasteiger partial charge in [-0.3, -0.25) is 9.78 Å². The highest BCUT2D eigenvalue weighted by atomic mass is 32.2. The number of benzene rings is 1. The second-order valence-electron chi connectivity index (χ2n) is 8.17. The fourth-order valence-corrected chi connectivity index (χ4v) is 5.12. The molecule has 0 bridgehead atoms. The van der Waals surface area contributed by atoms with Crippen molar-refractivity contribution < 1.29 is 19.0 Å². The van der Waals surface area contributed by atoms with E-state index in [0.29, 0.717) is 30.7 Å². The summed E-state index contributed by atoms with van der Waals surface area (Å²) in [7, 11) is 1.59. The number of nitrogens with zero attached hydrogens (tertiary/aromatic N) is 2. The van der Waals surface area contributed by atoms with Crippen LogP contribution in [0.1, 0.15) is 44.3 Å². The Morgan fingerprint density at radius 1 is 1.42 bits per heavy atom. The second-order valence-corrected chi connectivity index (χ2v) is 9.57. The molecule has 1 N–H and O–H groups in total. The number of carboxylic acids is 1. The maximum atomic E-state index is 15.3. The van der Waals surface area contributed by atoms with Gasteiger partial charge < -0.3 is 14.7 Å². The van der Waals surface area contributed by atoms with E-state index in [0.717, 1.165) is 48.3 Å².